The Morgan fingerprint density at radius 1 is 1.44 bits per heavy atom. The number of rotatable bonds is 9. The summed E-state index contributed by atoms with van der Waals surface area (Å²) in [6, 6.07) is 0. The molecule has 1 amide bonds. The fourth-order valence-corrected chi connectivity index (χ4v) is 2.05. The summed E-state index contributed by atoms with van der Waals surface area (Å²) in [5, 5.41) is 0. The van der Waals surface area contributed by atoms with Crippen LogP contribution in [0.1, 0.15) is 33.6 Å². The standard InChI is InChI=1S/C13H26N2O2S/c1-5-6-11(12(14)18)13(16)15(7-8-17-4)9-10(2)3/h10-11H,5-9H2,1-4H3,(H2,14,18). The normalized spacial score (nSPS) is 12.5. The number of hydrogen-bond acceptors (Lipinski definition) is 3. The molecular formula is C13H26N2O2S. The molecule has 0 aromatic rings. The zero-order valence-electron chi connectivity index (χ0n) is 11.9. The number of nitrogens with two attached hydrogens (primary N) is 1. The zero-order chi connectivity index (χ0) is 14.1. The van der Waals surface area contributed by atoms with E-state index in [0.717, 1.165) is 12.8 Å². The summed E-state index contributed by atoms with van der Waals surface area (Å²) >= 11 is 5.00. The predicted octanol–water partition coefficient (Wildman–Crippen LogP) is 1.82. The van der Waals surface area contributed by atoms with Crippen molar-refractivity contribution < 1.29 is 9.53 Å². The van der Waals surface area contributed by atoms with Crippen LogP contribution < -0.4 is 5.73 Å². The molecular weight excluding hydrogens is 248 g/mol. The van der Waals surface area contributed by atoms with Gasteiger partial charge in [-0.05, 0) is 12.3 Å². The zero-order valence-corrected chi connectivity index (χ0v) is 12.8. The second kappa shape index (κ2) is 9.28. The van der Waals surface area contributed by atoms with Gasteiger partial charge in [0.25, 0.3) is 0 Å². The molecule has 0 aliphatic heterocycles. The molecule has 0 aromatic carbocycles. The van der Waals surface area contributed by atoms with Gasteiger partial charge < -0.3 is 15.4 Å². The van der Waals surface area contributed by atoms with Crippen molar-refractivity contribution in [3.8, 4) is 0 Å². The minimum Gasteiger partial charge on any atom is -0.393 e. The van der Waals surface area contributed by atoms with Gasteiger partial charge >= 0.3 is 0 Å². The Morgan fingerprint density at radius 3 is 2.44 bits per heavy atom. The van der Waals surface area contributed by atoms with Crippen molar-refractivity contribution in [2.45, 2.75) is 33.6 Å². The van der Waals surface area contributed by atoms with Crippen molar-refractivity contribution in [1.29, 1.82) is 0 Å². The van der Waals surface area contributed by atoms with Crippen LogP contribution in [0.3, 0.4) is 0 Å². The fraction of sp³-hybridized carbons (Fsp3) is 0.846. The summed E-state index contributed by atoms with van der Waals surface area (Å²) in [5.41, 5.74) is 5.67. The number of methoxy groups -OCH3 is 1. The van der Waals surface area contributed by atoms with Gasteiger partial charge in [0, 0.05) is 20.2 Å². The highest BCUT2D eigenvalue weighted by molar-refractivity contribution is 7.80. The van der Waals surface area contributed by atoms with Crippen LogP contribution in [0.5, 0.6) is 0 Å². The highest BCUT2D eigenvalue weighted by Crippen LogP contribution is 2.13. The quantitative estimate of drug-likeness (QED) is 0.652. The number of ether oxygens (including phenoxy) is 1. The summed E-state index contributed by atoms with van der Waals surface area (Å²) in [4.78, 5) is 14.5. The molecule has 0 heterocycles. The van der Waals surface area contributed by atoms with Crippen molar-refractivity contribution in [1.82, 2.24) is 4.90 Å². The Kier molecular flexibility index (Phi) is 8.93. The number of nitrogens with zero attached hydrogens (tertiary/aromatic N) is 1. The van der Waals surface area contributed by atoms with Crippen LogP contribution in [0.25, 0.3) is 0 Å². The first kappa shape index (κ1) is 17.3. The Hall–Kier alpha value is -0.680. The first-order chi connectivity index (χ1) is 8.43. The van der Waals surface area contributed by atoms with E-state index < -0.39 is 0 Å². The molecule has 0 rings (SSSR count). The molecule has 106 valence electrons. The molecule has 4 nitrogen and oxygen atoms in total. The van der Waals surface area contributed by atoms with Crippen LogP contribution in [0.4, 0.5) is 0 Å². The van der Waals surface area contributed by atoms with E-state index in [0.29, 0.717) is 30.6 Å². The maximum Gasteiger partial charge on any atom is 0.232 e. The van der Waals surface area contributed by atoms with E-state index in [4.69, 9.17) is 22.7 Å². The lowest BCUT2D eigenvalue weighted by Gasteiger charge is -2.28. The summed E-state index contributed by atoms with van der Waals surface area (Å²) < 4.78 is 5.05. The highest BCUT2D eigenvalue weighted by atomic mass is 32.1. The predicted molar refractivity (Wildman–Crippen MR) is 78.5 cm³/mol. The van der Waals surface area contributed by atoms with Gasteiger partial charge in [-0.25, -0.2) is 0 Å². The average molecular weight is 274 g/mol. The van der Waals surface area contributed by atoms with Gasteiger partial charge in [-0.1, -0.05) is 39.4 Å². The number of carbonyl (C=O) groups is 1. The highest BCUT2D eigenvalue weighted by Gasteiger charge is 2.26. The molecule has 0 spiro atoms. The van der Waals surface area contributed by atoms with E-state index in [1.54, 1.807) is 7.11 Å². The van der Waals surface area contributed by atoms with Crippen molar-refractivity contribution in [3.63, 3.8) is 0 Å². The number of hydrogen-bond donors (Lipinski definition) is 1. The van der Waals surface area contributed by atoms with E-state index in [2.05, 4.69) is 13.8 Å². The van der Waals surface area contributed by atoms with E-state index in [1.807, 2.05) is 11.8 Å². The van der Waals surface area contributed by atoms with Crippen LogP contribution in [0.2, 0.25) is 0 Å². The minimum atomic E-state index is -0.333. The molecule has 0 radical (unpaired) electrons. The maximum atomic E-state index is 12.4. The van der Waals surface area contributed by atoms with Gasteiger partial charge in [-0.3, -0.25) is 4.79 Å². The van der Waals surface area contributed by atoms with Crippen LogP contribution in [-0.2, 0) is 9.53 Å². The van der Waals surface area contributed by atoms with E-state index >= 15 is 0 Å². The first-order valence-corrected chi connectivity index (χ1v) is 6.91. The molecule has 0 bridgehead atoms. The van der Waals surface area contributed by atoms with Crippen LogP contribution in [0.15, 0.2) is 0 Å². The molecule has 1 atom stereocenters. The molecule has 0 aliphatic rings. The molecule has 5 heteroatoms. The lowest BCUT2D eigenvalue weighted by molar-refractivity contribution is -0.134. The maximum absolute atomic E-state index is 12.4. The van der Waals surface area contributed by atoms with E-state index in [1.165, 1.54) is 0 Å². The largest absolute Gasteiger partial charge is 0.393 e. The van der Waals surface area contributed by atoms with Crippen molar-refractivity contribution in [3.05, 3.63) is 0 Å². The van der Waals surface area contributed by atoms with Crippen LogP contribution in [-0.4, -0.2) is 42.6 Å². The minimum absolute atomic E-state index is 0.0371. The number of thiocarbonyl (C=S) groups is 1. The summed E-state index contributed by atoms with van der Waals surface area (Å²) in [6.07, 6.45) is 1.61. The summed E-state index contributed by atoms with van der Waals surface area (Å²) in [5.74, 6) is 0.120. The third-order valence-electron chi connectivity index (χ3n) is 2.68. The SMILES string of the molecule is CCCC(C(=O)N(CCOC)CC(C)C)C(N)=S. The smallest absolute Gasteiger partial charge is 0.232 e. The first-order valence-electron chi connectivity index (χ1n) is 6.51. The molecule has 0 aromatic heterocycles. The lowest BCUT2D eigenvalue weighted by Crippen LogP contribution is -2.44. The van der Waals surface area contributed by atoms with Crippen LogP contribution in [0, 0.1) is 11.8 Å². The van der Waals surface area contributed by atoms with Gasteiger partial charge in [0.2, 0.25) is 5.91 Å². The van der Waals surface area contributed by atoms with E-state index in [9.17, 15) is 4.79 Å². The Bertz CT molecular complexity index is 270. The van der Waals surface area contributed by atoms with Gasteiger partial charge in [-0.15, -0.1) is 0 Å². The van der Waals surface area contributed by atoms with E-state index in [-0.39, 0.29) is 11.8 Å². The molecule has 0 saturated carbocycles. The molecule has 0 saturated heterocycles. The second-order valence-electron chi connectivity index (χ2n) is 4.91. The lowest BCUT2D eigenvalue weighted by atomic mass is 10.0. The number of amides is 1. The summed E-state index contributed by atoms with van der Waals surface area (Å²) in [6.45, 7) is 8.04. The Labute approximate surface area is 116 Å². The van der Waals surface area contributed by atoms with Crippen molar-refractivity contribution in [2.75, 3.05) is 26.8 Å². The number of carbonyl (C=O) groups excluding carboxylic acids is 1. The topological polar surface area (TPSA) is 55.6 Å². The Morgan fingerprint density at radius 2 is 2.06 bits per heavy atom. The second-order valence-corrected chi connectivity index (χ2v) is 5.39. The molecule has 1 unspecified atom stereocenters. The van der Waals surface area contributed by atoms with Gasteiger partial charge in [0.05, 0.1) is 17.5 Å². The van der Waals surface area contributed by atoms with Crippen molar-refractivity contribution >= 4 is 23.1 Å². The molecule has 18 heavy (non-hydrogen) atoms. The van der Waals surface area contributed by atoms with Gasteiger partial charge in [-0.2, -0.15) is 0 Å². The van der Waals surface area contributed by atoms with Gasteiger partial charge in [0.1, 0.15) is 0 Å². The Balaban J connectivity index is 4.72. The van der Waals surface area contributed by atoms with Crippen molar-refractivity contribution in [2.24, 2.45) is 17.6 Å². The van der Waals surface area contributed by atoms with Crippen LogP contribution >= 0.6 is 12.2 Å². The molecule has 2 N–H and O–H groups in total. The molecule has 0 aliphatic carbocycles. The average Bonchev–Trinajstić information content (AvgIpc) is 2.29. The fourth-order valence-electron chi connectivity index (χ4n) is 1.83. The molecule has 0 fully saturated rings. The summed E-state index contributed by atoms with van der Waals surface area (Å²) in [7, 11) is 1.63. The third kappa shape index (κ3) is 6.31. The third-order valence-corrected chi connectivity index (χ3v) is 2.97. The monoisotopic (exact) mass is 274 g/mol. The van der Waals surface area contributed by atoms with Gasteiger partial charge in [0.15, 0.2) is 0 Å².